The highest BCUT2D eigenvalue weighted by atomic mass is 16.1. The first-order valence-electron chi connectivity index (χ1n) is 4.00. The molecule has 0 heterocycles. The van der Waals surface area contributed by atoms with Crippen LogP contribution in [0.1, 0.15) is 34.1 Å². The third-order valence-electron chi connectivity index (χ3n) is 1.99. The molecule has 0 saturated heterocycles. The molecule has 2 heteroatoms. The number of nitrogens with two attached hydrogens (primary N) is 1. The van der Waals surface area contributed by atoms with Gasteiger partial charge in [0, 0.05) is 5.57 Å². The van der Waals surface area contributed by atoms with E-state index in [9.17, 15) is 4.79 Å². The van der Waals surface area contributed by atoms with Crippen molar-refractivity contribution in [1.82, 2.24) is 0 Å². The van der Waals surface area contributed by atoms with Crippen molar-refractivity contribution in [2.75, 3.05) is 0 Å². The van der Waals surface area contributed by atoms with Gasteiger partial charge in [0.2, 0.25) is 5.91 Å². The zero-order valence-corrected chi connectivity index (χ0v) is 7.77. The van der Waals surface area contributed by atoms with Crippen LogP contribution in [-0.2, 0) is 4.79 Å². The van der Waals surface area contributed by atoms with Crippen molar-refractivity contribution in [2.45, 2.75) is 34.1 Å². The number of primary amides is 1. The average molecular weight is 155 g/mol. The first-order valence-corrected chi connectivity index (χ1v) is 4.00. The van der Waals surface area contributed by atoms with Gasteiger partial charge < -0.3 is 5.73 Å². The van der Waals surface area contributed by atoms with Crippen molar-refractivity contribution in [2.24, 2.45) is 11.7 Å². The fraction of sp³-hybridized carbons (Fsp3) is 0.667. The van der Waals surface area contributed by atoms with Crippen LogP contribution in [0.3, 0.4) is 0 Å². The molecule has 0 radical (unpaired) electrons. The smallest absolute Gasteiger partial charge is 0.244 e. The number of amides is 1. The number of hydrogen-bond donors (Lipinski definition) is 1. The molecule has 64 valence electrons. The Hall–Kier alpha value is -0.790. The van der Waals surface area contributed by atoms with Gasteiger partial charge in [-0.1, -0.05) is 26.3 Å². The summed E-state index contributed by atoms with van der Waals surface area (Å²) in [5.41, 5.74) is 7.08. The summed E-state index contributed by atoms with van der Waals surface area (Å²) in [6.07, 6.45) is 0.735. The molecule has 2 N–H and O–H groups in total. The molecule has 0 aliphatic rings. The van der Waals surface area contributed by atoms with Crippen LogP contribution in [0.15, 0.2) is 11.1 Å². The van der Waals surface area contributed by atoms with E-state index in [-0.39, 0.29) is 5.91 Å². The Balaban J connectivity index is 4.68. The Labute approximate surface area is 68.5 Å². The number of hydrogen-bond acceptors (Lipinski definition) is 1. The maximum Gasteiger partial charge on any atom is 0.244 e. The lowest BCUT2D eigenvalue weighted by Gasteiger charge is -2.09. The normalized spacial score (nSPS) is 13.2. The highest BCUT2D eigenvalue weighted by molar-refractivity contribution is 5.92. The minimum Gasteiger partial charge on any atom is -0.366 e. The maximum absolute atomic E-state index is 10.8. The van der Waals surface area contributed by atoms with Crippen LogP contribution in [-0.4, -0.2) is 5.91 Å². The summed E-state index contributed by atoms with van der Waals surface area (Å²) in [6.45, 7) is 8.04. The summed E-state index contributed by atoms with van der Waals surface area (Å²) >= 11 is 0. The van der Waals surface area contributed by atoms with Crippen molar-refractivity contribution in [3.05, 3.63) is 11.1 Å². The molecule has 0 saturated carbocycles. The summed E-state index contributed by atoms with van der Waals surface area (Å²) in [4.78, 5) is 10.8. The molecule has 0 aromatic heterocycles. The van der Waals surface area contributed by atoms with Crippen molar-refractivity contribution in [1.29, 1.82) is 0 Å². The lowest BCUT2D eigenvalue weighted by Crippen LogP contribution is -2.16. The molecule has 0 aromatic carbocycles. The fourth-order valence-corrected chi connectivity index (χ4v) is 0.996. The molecule has 0 aliphatic heterocycles. The van der Waals surface area contributed by atoms with Gasteiger partial charge in [-0.2, -0.15) is 0 Å². The van der Waals surface area contributed by atoms with Crippen LogP contribution < -0.4 is 5.73 Å². The van der Waals surface area contributed by atoms with Gasteiger partial charge in [0.25, 0.3) is 0 Å². The van der Waals surface area contributed by atoms with Gasteiger partial charge >= 0.3 is 0 Å². The Morgan fingerprint density at radius 1 is 1.45 bits per heavy atom. The van der Waals surface area contributed by atoms with Gasteiger partial charge in [-0.15, -0.1) is 0 Å². The Kier molecular flexibility index (Phi) is 3.86. The second-order valence-corrected chi connectivity index (χ2v) is 3.03. The van der Waals surface area contributed by atoms with E-state index in [1.165, 1.54) is 0 Å². The number of allylic oxidation sites excluding steroid dienone is 1. The molecule has 0 rings (SSSR count). The standard InChI is InChI=1S/C9H17NO/c1-5-8(9(10)11)7(4)6(2)3/h6H,5H2,1-4H3,(H2,10,11). The molecule has 0 unspecified atom stereocenters. The van der Waals surface area contributed by atoms with E-state index in [0.29, 0.717) is 5.92 Å². The van der Waals surface area contributed by atoms with Gasteiger partial charge in [-0.3, -0.25) is 4.79 Å². The molecular formula is C9H17NO. The molecular weight excluding hydrogens is 138 g/mol. The van der Waals surface area contributed by atoms with Crippen molar-refractivity contribution >= 4 is 5.91 Å². The van der Waals surface area contributed by atoms with Crippen molar-refractivity contribution in [3.8, 4) is 0 Å². The summed E-state index contributed by atoms with van der Waals surface area (Å²) in [7, 11) is 0. The van der Waals surface area contributed by atoms with E-state index in [4.69, 9.17) is 5.73 Å². The first-order chi connectivity index (χ1) is 5.00. The number of rotatable bonds is 3. The van der Waals surface area contributed by atoms with E-state index in [2.05, 4.69) is 13.8 Å². The van der Waals surface area contributed by atoms with E-state index in [1.807, 2.05) is 13.8 Å². The third kappa shape index (κ3) is 2.74. The van der Waals surface area contributed by atoms with E-state index < -0.39 is 0 Å². The summed E-state index contributed by atoms with van der Waals surface area (Å²) in [5, 5.41) is 0. The second-order valence-electron chi connectivity index (χ2n) is 3.03. The number of carbonyl (C=O) groups excluding carboxylic acids is 1. The molecule has 1 amide bonds. The molecule has 0 fully saturated rings. The lowest BCUT2D eigenvalue weighted by molar-refractivity contribution is -0.114. The van der Waals surface area contributed by atoms with E-state index in [0.717, 1.165) is 17.6 Å². The minimum absolute atomic E-state index is 0.279. The lowest BCUT2D eigenvalue weighted by atomic mass is 9.97. The van der Waals surface area contributed by atoms with E-state index in [1.54, 1.807) is 0 Å². The predicted molar refractivity (Wildman–Crippen MR) is 47.0 cm³/mol. The van der Waals surface area contributed by atoms with Crippen LogP contribution in [0, 0.1) is 5.92 Å². The highest BCUT2D eigenvalue weighted by Gasteiger charge is 2.08. The molecule has 0 spiro atoms. The molecule has 2 nitrogen and oxygen atoms in total. The number of carbonyl (C=O) groups is 1. The second kappa shape index (κ2) is 4.16. The first kappa shape index (κ1) is 10.2. The SMILES string of the molecule is CCC(C(N)=O)=C(C)C(C)C. The van der Waals surface area contributed by atoms with Crippen LogP contribution in [0.5, 0.6) is 0 Å². The zero-order valence-electron chi connectivity index (χ0n) is 7.77. The Bertz CT molecular complexity index is 180. The van der Waals surface area contributed by atoms with Gasteiger partial charge in [0.15, 0.2) is 0 Å². The molecule has 11 heavy (non-hydrogen) atoms. The largest absolute Gasteiger partial charge is 0.366 e. The molecule has 0 atom stereocenters. The van der Waals surface area contributed by atoms with E-state index >= 15 is 0 Å². The van der Waals surface area contributed by atoms with Crippen LogP contribution >= 0.6 is 0 Å². The van der Waals surface area contributed by atoms with Crippen LogP contribution in [0.4, 0.5) is 0 Å². The molecule has 0 bridgehead atoms. The van der Waals surface area contributed by atoms with Crippen molar-refractivity contribution < 1.29 is 4.79 Å². The Morgan fingerprint density at radius 2 is 1.91 bits per heavy atom. The average Bonchev–Trinajstić information content (AvgIpc) is 1.88. The minimum atomic E-state index is -0.279. The Morgan fingerprint density at radius 3 is 2.00 bits per heavy atom. The molecule has 0 aliphatic carbocycles. The quantitative estimate of drug-likeness (QED) is 0.621. The van der Waals surface area contributed by atoms with Crippen molar-refractivity contribution in [3.63, 3.8) is 0 Å². The summed E-state index contributed by atoms with van der Waals surface area (Å²) in [6, 6.07) is 0. The van der Waals surface area contributed by atoms with Crippen LogP contribution in [0.25, 0.3) is 0 Å². The summed E-state index contributed by atoms with van der Waals surface area (Å²) < 4.78 is 0. The maximum atomic E-state index is 10.8. The van der Waals surface area contributed by atoms with Gasteiger partial charge in [-0.05, 0) is 19.3 Å². The monoisotopic (exact) mass is 155 g/mol. The third-order valence-corrected chi connectivity index (χ3v) is 1.99. The zero-order chi connectivity index (χ0) is 9.02. The topological polar surface area (TPSA) is 43.1 Å². The van der Waals surface area contributed by atoms with Crippen LogP contribution in [0.2, 0.25) is 0 Å². The summed E-state index contributed by atoms with van der Waals surface area (Å²) in [5.74, 6) is 0.135. The van der Waals surface area contributed by atoms with Gasteiger partial charge in [0.05, 0.1) is 0 Å². The van der Waals surface area contributed by atoms with Gasteiger partial charge in [0.1, 0.15) is 0 Å². The predicted octanol–water partition coefficient (Wildman–Crippen LogP) is 1.85. The molecule has 0 aromatic rings. The highest BCUT2D eigenvalue weighted by Crippen LogP contribution is 2.15. The van der Waals surface area contributed by atoms with Gasteiger partial charge in [-0.25, -0.2) is 0 Å². The fourth-order valence-electron chi connectivity index (χ4n) is 0.996.